The smallest absolute Gasteiger partial charge is 0.234 e. The summed E-state index contributed by atoms with van der Waals surface area (Å²) in [6, 6.07) is 7.27. The van der Waals surface area contributed by atoms with Crippen molar-refractivity contribution in [2.24, 2.45) is 7.05 Å². The largest absolute Gasteiger partial charge is 0.497 e. The van der Waals surface area contributed by atoms with E-state index in [-0.39, 0.29) is 18.5 Å². The number of hydrogen-bond acceptors (Lipinski definition) is 5. The first-order chi connectivity index (χ1) is 11.7. The number of carbonyl (C=O) groups is 1. The molecule has 0 aliphatic carbocycles. The van der Waals surface area contributed by atoms with Gasteiger partial charge in [0.25, 0.3) is 0 Å². The van der Waals surface area contributed by atoms with E-state index in [0.29, 0.717) is 13.2 Å². The van der Waals surface area contributed by atoms with Crippen LogP contribution in [0.4, 0.5) is 0 Å². The fourth-order valence-electron chi connectivity index (χ4n) is 2.34. The first-order valence-corrected chi connectivity index (χ1v) is 7.76. The van der Waals surface area contributed by atoms with Crippen LogP contribution in [-0.4, -0.2) is 49.4 Å². The normalized spacial score (nSPS) is 12.0. The summed E-state index contributed by atoms with van der Waals surface area (Å²) in [7, 11) is 5.16. The summed E-state index contributed by atoms with van der Waals surface area (Å²) in [5.41, 5.74) is 0.940. The van der Waals surface area contributed by atoms with Crippen LogP contribution in [0.15, 0.2) is 36.7 Å². The van der Waals surface area contributed by atoms with Crippen LogP contribution in [-0.2, 0) is 16.6 Å². The minimum Gasteiger partial charge on any atom is -0.497 e. The van der Waals surface area contributed by atoms with E-state index < -0.39 is 0 Å². The maximum Gasteiger partial charge on any atom is 0.234 e. The van der Waals surface area contributed by atoms with Crippen LogP contribution in [0.2, 0.25) is 0 Å². The van der Waals surface area contributed by atoms with Crippen molar-refractivity contribution in [2.75, 3.05) is 33.9 Å². The van der Waals surface area contributed by atoms with Crippen LogP contribution >= 0.6 is 0 Å². The van der Waals surface area contributed by atoms with Gasteiger partial charge in [-0.15, -0.1) is 0 Å². The molecule has 0 radical (unpaired) electrons. The molecule has 0 fully saturated rings. The number of nitrogens with one attached hydrogen (secondary N) is 2. The first-order valence-electron chi connectivity index (χ1n) is 7.76. The Morgan fingerprint density at radius 3 is 2.62 bits per heavy atom. The van der Waals surface area contributed by atoms with Crippen molar-refractivity contribution in [1.29, 1.82) is 0 Å². The number of nitrogens with zero attached hydrogens (tertiary/aromatic N) is 2. The zero-order valence-electron chi connectivity index (χ0n) is 14.3. The minimum atomic E-state index is -0.326. The second-order valence-corrected chi connectivity index (χ2v) is 5.34. The molecule has 1 amide bonds. The lowest BCUT2D eigenvalue weighted by molar-refractivity contribution is -0.120. The molecule has 0 bridgehead atoms. The highest BCUT2D eigenvalue weighted by atomic mass is 16.5. The molecule has 1 atom stereocenters. The molecule has 2 N–H and O–H groups in total. The summed E-state index contributed by atoms with van der Waals surface area (Å²) < 4.78 is 12.0. The van der Waals surface area contributed by atoms with Crippen molar-refractivity contribution < 1.29 is 14.3 Å². The van der Waals surface area contributed by atoms with Crippen molar-refractivity contribution in [3.63, 3.8) is 0 Å². The molecule has 7 heteroatoms. The van der Waals surface area contributed by atoms with E-state index in [9.17, 15) is 4.79 Å². The second-order valence-electron chi connectivity index (χ2n) is 5.34. The van der Waals surface area contributed by atoms with Crippen molar-refractivity contribution in [2.45, 2.75) is 6.04 Å². The standard InChI is InChI=1S/C17H24N4O3/c1-21-10-8-19-17(21)16(13-4-6-14(24-3)7-5-13)20-15(22)12-18-9-11-23-2/h4-8,10,16,18H,9,11-12H2,1-3H3,(H,20,22). The van der Waals surface area contributed by atoms with E-state index >= 15 is 0 Å². The van der Waals surface area contributed by atoms with Gasteiger partial charge in [-0.1, -0.05) is 12.1 Å². The third-order valence-corrected chi connectivity index (χ3v) is 3.64. The lowest BCUT2D eigenvalue weighted by Crippen LogP contribution is -2.38. The Bertz CT molecular complexity index is 640. The van der Waals surface area contributed by atoms with Crippen molar-refractivity contribution in [1.82, 2.24) is 20.2 Å². The molecule has 24 heavy (non-hydrogen) atoms. The van der Waals surface area contributed by atoms with Gasteiger partial charge in [0.05, 0.1) is 20.3 Å². The predicted octanol–water partition coefficient (Wildman–Crippen LogP) is 0.870. The van der Waals surface area contributed by atoms with E-state index in [1.165, 1.54) is 0 Å². The summed E-state index contributed by atoms with van der Waals surface area (Å²) in [5.74, 6) is 1.44. The Kier molecular flexibility index (Phi) is 6.77. The van der Waals surface area contributed by atoms with Gasteiger partial charge < -0.3 is 24.7 Å². The Balaban J connectivity index is 2.11. The van der Waals surface area contributed by atoms with Crippen molar-refractivity contribution >= 4 is 5.91 Å². The Hall–Kier alpha value is -2.38. The van der Waals surface area contributed by atoms with Gasteiger partial charge in [-0.3, -0.25) is 4.79 Å². The molecule has 0 aliphatic heterocycles. The summed E-state index contributed by atoms with van der Waals surface area (Å²) in [6.45, 7) is 1.41. The fourth-order valence-corrected chi connectivity index (χ4v) is 2.34. The highest BCUT2D eigenvalue weighted by molar-refractivity contribution is 5.78. The number of rotatable bonds is 9. The zero-order valence-corrected chi connectivity index (χ0v) is 14.3. The van der Waals surface area contributed by atoms with Gasteiger partial charge in [-0.2, -0.15) is 0 Å². The Morgan fingerprint density at radius 1 is 1.29 bits per heavy atom. The van der Waals surface area contributed by atoms with E-state index in [0.717, 1.165) is 17.1 Å². The van der Waals surface area contributed by atoms with Gasteiger partial charge in [0.1, 0.15) is 17.6 Å². The topological polar surface area (TPSA) is 77.4 Å². The average molecular weight is 332 g/mol. The number of hydrogen-bond donors (Lipinski definition) is 2. The van der Waals surface area contributed by atoms with Gasteiger partial charge in [0.15, 0.2) is 0 Å². The van der Waals surface area contributed by atoms with Gasteiger partial charge in [0.2, 0.25) is 5.91 Å². The quantitative estimate of drug-likeness (QED) is 0.666. The summed E-state index contributed by atoms with van der Waals surface area (Å²) in [4.78, 5) is 16.6. The van der Waals surface area contributed by atoms with E-state index in [1.807, 2.05) is 42.1 Å². The fraction of sp³-hybridized carbons (Fsp3) is 0.412. The van der Waals surface area contributed by atoms with Gasteiger partial charge >= 0.3 is 0 Å². The van der Waals surface area contributed by atoms with Gasteiger partial charge in [-0.05, 0) is 17.7 Å². The summed E-state index contributed by atoms with van der Waals surface area (Å²) in [6.07, 6.45) is 3.57. The average Bonchev–Trinajstić information content (AvgIpc) is 3.02. The number of aromatic nitrogens is 2. The maximum atomic E-state index is 12.2. The molecule has 1 aromatic heterocycles. The second kappa shape index (κ2) is 9.05. The number of aryl methyl sites for hydroxylation is 1. The predicted molar refractivity (Wildman–Crippen MR) is 90.9 cm³/mol. The monoisotopic (exact) mass is 332 g/mol. The molecule has 7 nitrogen and oxygen atoms in total. The van der Waals surface area contributed by atoms with Crippen LogP contribution in [0.3, 0.4) is 0 Å². The molecule has 0 spiro atoms. The summed E-state index contributed by atoms with van der Waals surface area (Å²) in [5, 5.41) is 6.06. The molecule has 1 unspecified atom stereocenters. The summed E-state index contributed by atoms with van der Waals surface area (Å²) >= 11 is 0. The number of amides is 1. The molecule has 1 aromatic carbocycles. The van der Waals surface area contributed by atoms with Crippen LogP contribution in [0.1, 0.15) is 17.4 Å². The van der Waals surface area contributed by atoms with Crippen LogP contribution in [0, 0.1) is 0 Å². The van der Waals surface area contributed by atoms with Crippen molar-refractivity contribution in [3.05, 3.63) is 48.0 Å². The highest BCUT2D eigenvalue weighted by Gasteiger charge is 2.20. The minimum absolute atomic E-state index is 0.102. The molecule has 2 rings (SSSR count). The Labute approximate surface area is 142 Å². The maximum absolute atomic E-state index is 12.2. The van der Waals surface area contributed by atoms with Crippen LogP contribution in [0.25, 0.3) is 0 Å². The third kappa shape index (κ3) is 4.81. The van der Waals surface area contributed by atoms with Gasteiger partial charge in [-0.25, -0.2) is 4.98 Å². The van der Waals surface area contributed by atoms with Crippen molar-refractivity contribution in [3.8, 4) is 5.75 Å². The van der Waals surface area contributed by atoms with E-state index in [4.69, 9.17) is 9.47 Å². The molecule has 1 heterocycles. The molecule has 2 aromatic rings. The highest BCUT2D eigenvalue weighted by Crippen LogP contribution is 2.22. The number of carbonyl (C=O) groups excluding carboxylic acids is 1. The SMILES string of the molecule is COCCNCC(=O)NC(c1ccc(OC)cc1)c1nccn1C. The van der Waals surface area contributed by atoms with E-state index in [1.54, 1.807) is 20.4 Å². The lowest BCUT2D eigenvalue weighted by atomic mass is 10.1. The lowest BCUT2D eigenvalue weighted by Gasteiger charge is -2.19. The molecule has 0 aliphatic rings. The van der Waals surface area contributed by atoms with Crippen LogP contribution < -0.4 is 15.4 Å². The van der Waals surface area contributed by atoms with E-state index in [2.05, 4.69) is 15.6 Å². The number of imidazole rings is 1. The first kappa shape index (κ1) is 18.0. The molecule has 0 saturated carbocycles. The zero-order chi connectivity index (χ0) is 17.4. The molecule has 130 valence electrons. The number of ether oxygens (including phenoxy) is 2. The third-order valence-electron chi connectivity index (χ3n) is 3.64. The number of methoxy groups -OCH3 is 2. The number of benzene rings is 1. The molecular formula is C17H24N4O3. The van der Waals surface area contributed by atoms with Crippen LogP contribution in [0.5, 0.6) is 5.75 Å². The Morgan fingerprint density at radius 2 is 2.04 bits per heavy atom. The molecule has 0 saturated heterocycles. The van der Waals surface area contributed by atoms with Gasteiger partial charge in [0, 0.05) is 33.1 Å². The molecular weight excluding hydrogens is 308 g/mol.